The van der Waals surface area contributed by atoms with Crippen molar-refractivity contribution in [3.8, 4) is 0 Å². The first kappa shape index (κ1) is 13.0. The summed E-state index contributed by atoms with van der Waals surface area (Å²) < 4.78 is 1.20. The Labute approximate surface area is 118 Å². The van der Waals surface area contributed by atoms with Crippen LogP contribution in [0.25, 0.3) is 5.78 Å². The summed E-state index contributed by atoms with van der Waals surface area (Å²) in [5, 5.41) is 5.35. The smallest absolute Gasteiger partial charge is 0.298 e. The van der Waals surface area contributed by atoms with Crippen molar-refractivity contribution < 1.29 is 4.79 Å². The van der Waals surface area contributed by atoms with E-state index in [1.807, 2.05) is 0 Å². The summed E-state index contributed by atoms with van der Waals surface area (Å²) in [5.41, 5.74) is 0.478. The summed E-state index contributed by atoms with van der Waals surface area (Å²) in [7, 11) is 0. The van der Waals surface area contributed by atoms with Gasteiger partial charge in [0.1, 0.15) is 11.5 Å². The predicted octanol–water partition coefficient (Wildman–Crippen LogP) is 0.682. The van der Waals surface area contributed by atoms with Crippen molar-refractivity contribution >= 4 is 17.4 Å². The number of aromatic nitrogens is 5. The number of fused-ring (bicyclic) bond motifs is 1. The summed E-state index contributed by atoms with van der Waals surface area (Å²) in [5.74, 6) is 0.422. The second-order valence-electron chi connectivity index (χ2n) is 4.52. The van der Waals surface area contributed by atoms with Crippen LogP contribution in [0.2, 0.25) is 0 Å². The van der Waals surface area contributed by atoms with Gasteiger partial charge in [-0.1, -0.05) is 0 Å². The summed E-state index contributed by atoms with van der Waals surface area (Å²) in [6.45, 7) is 3.36. The van der Waals surface area contributed by atoms with E-state index in [0.29, 0.717) is 17.1 Å². The van der Waals surface area contributed by atoms with Crippen molar-refractivity contribution in [3.63, 3.8) is 0 Å². The van der Waals surface area contributed by atoms with E-state index in [2.05, 4.69) is 25.4 Å². The molecule has 0 aliphatic heterocycles. The Morgan fingerprint density at radius 1 is 1.33 bits per heavy atom. The first-order valence-corrected chi connectivity index (χ1v) is 6.23. The highest BCUT2D eigenvalue weighted by atomic mass is 16.2. The first-order valence-electron chi connectivity index (χ1n) is 6.23. The molecule has 0 fully saturated rings. The number of aryl methyl sites for hydroxylation is 2. The predicted molar refractivity (Wildman–Crippen MR) is 75.3 cm³/mol. The molecule has 0 saturated heterocycles. The molecule has 1 amide bonds. The van der Waals surface area contributed by atoms with Gasteiger partial charge in [0, 0.05) is 12.4 Å². The molecule has 8 heteroatoms. The number of carbonyl (C=O) groups excluding carboxylic acids is 1. The molecule has 2 N–H and O–H groups in total. The van der Waals surface area contributed by atoms with Gasteiger partial charge in [-0.05, 0) is 26.0 Å². The number of carbonyl (C=O) groups is 1. The number of H-pyrrole nitrogens is 1. The molecule has 0 saturated carbocycles. The average Bonchev–Trinajstić information content (AvgIpc) is 2.85. The van der Waals surface area contributed by atoms with Crippen LogP contribution in [0.4, 0.5) is 5.69 Å². The van der Waals surface area contributed by atoms with Crippen LogP contribution in [-0.2, 0) is 0 Å². The topological polar surface area (TPSA) is 105 Å². The molecule has 0 radical (unpaired) electrons. The Kier molecular flexibility index (Phi) is 2.98. The van der Waals surface area contributed by atoms with Crippen LogP contribution in [0.5, 0.6) is 0 Å². The fourth-order valence-electron chi connectivity index (χ4n) is 1.95. The number of amides is 1. The van der Waals surface area contributed by atoms with Crippen LogP contribution >= 0.6 is 0 Å². The number of nitrogens with zero attached hydrogens (tertiary/aromatic N) is 4. The van der Waals surface area contributed by atoms with Crippen molar-refractivity contribution in [1.82, 2.24) is 24.6 Å². The summed E-state index contributed by atoms with van der Waals surface area (Å²) in [6, 6.07) is 3.26. The molecule has 0 aliphatic carbocycles. The van der Waals surface area contributed by atoms with Crippen molar-refractivity contribution in [2.75, 3.05) is 5.32 Å². The van der Waals surface area contributed by atoms with Crippen LogP contribution in [0.1, 0.15) is 21.9 Å². The fraction of sp³-hybridized carbons (Fsp3) is 0.154. The third-order valence-corrected chi connectivity index (χ3v) is 2.95. The Balaban J connectivity index is 2.05. The third kappa shape index (κ3) is 2.27. The SMILES string of the molecule is Cc1nc2nc(C)c(NC(=O)c3cccnc3)c(=O)n2[nH]1. The molecular formula is C13H12N6O2. The third-order valence-electron chi connectivity index (χ3n) is 2.95. The molecule has 3 aromatic rings. The number of anilines is 1. The molecule has 21 heavy (non-hydrogen) atoms. The maximum atomic E-state index is 12.4. The number of rotatable bonds is 2. The minimum atomic E-state index is -0.415. The second kappa shape index (κ2) is 4.82. The molecule has 8 nitrogen and oxygen atoms in total. The molecule has 0 bridgehead atoms. The largest absolute Gasteiger partial charge is 0.316 e. The van der Waals surface area contributed by atoms with E-state index in [4.69, 9.17) is 0 Å². The molecule has 0 atom stereocenters. The van der Waals surface area contributed by atoms with Crippen molar-refractivity contribution in [2.24, 2.45) is 0 Å². The lowest BCUT2D eigenvalue weighted by molar-refractivity contribution is 0.102. The standard InChI is InChI=1S/C13H12N6O2/c1-7-10(17-11(20)9-4-3-5-14-6-9)12(21)19-13(15-7)16-8(2)18-19/h3-6H,1-2H3,(H,17,20)(H,15,16,18). The van der Waals surface area contributed by atoms with Gasteiger partial charge in [-0.15, -0.1) is 0 Å². The van der Waals surface area contributed by atoms with E-state index in [-0.39, 0.29) is 11.5 Å². The maximum Gasteiger partial charge on any atom is 0.298 e. The average molecular weight is 284 g/mol. The van der Waals surface area contributed by atoms with Crippen molar-refractivity contribution in [3.05, 3.63) is 52.0 Å². The van der Waals surface area contributed by atoms with E-state index >= 15 is 0 Å². The summed E-state index contributed by atoms with van der Waals surface area (Å²) >= 11 is 0. The van der Waals surface area contributed by atoms with Gasteiger partial charge in [0.25, 0.3) is 17.2 Å². The van der Waals surface area contributed by atoms with Gasteiger partial charge in [0.15, 0.2) is 0 Å². The lowest BCUT2D eigenvalue weighted by atomic mass is 10.2. The van der Waals surface area contributed by atoms with Gasteiger partial charge in [-0.3, -0.25) is 19.7 Å². The van der Waals surface area contributed by atoms with Gasteiger partial charge in [-0.25, -0.2) is 4.98 Å². The molecule has 0 aromatic carbocycles. The highest BCUT2D eigenvalue weighted by Gasteiger charge is 2.15. The van der Waals surface area contributed by atoms with Crippen LogP contribution in [0.15, 0.2) is 29.3 Å². The summed E-state index contributed by atoms with van der Waals surface area (Å²) in [4.78, 5) is 36.6. The van der Waals surface area contributed by atoms with Gasteiger partial charge >= 0.3 is 0 Å². The highest BCUT2D eigenvalue weighted by Crippen LogP contribution is 2.09. The number of hydrogen-bond acceptors (Lipinski definition) is 5. The van der Waals surface area contributed by atoms with E-state index in [0.717, 1.165) is 0 Å². The molecule has 3 rings (SSSR count). The number of pyridine rings is 1. The maximum absolute atomic E-state index is 12.4. The Hall–Kier alpha value is -3.03. The zero-order valence-corrected chi connectivity index (χ0v) is 11.4. The normalized spacial score (nSPS) is 10.8. The monoisotopic (exact) mass is 284 g/mol. The number of hydrogen-bond donors (Lipinski definition) is 2. The van der Waals surface area contributed by atoms with Gasteiger partial charge in [0.05, 0.1) is 11.3 Å². The molecule has 106 valence electrons. The molecule has 0 aliphatic rings. The Bertz CT molecular complexity index is 881. The zero-order chi connectivity index (χ0) is 15.0. The Morgan fingerprint density at radius 2 is 2.14 bits per heavy atom. The van der Waals surface area contributed by atoms with Crippen molar-refractivity contribution in [1.29, 1.82) is 0 Å². The van der Waals surface area contributed by atoms with E-state index < -0.39 is 11.5 Å². The second-order valence-corrected chi connectivity index (χ2v) is 4.52. The Morgan fingerprint density at radius 3 is 2.86 bits per heavy atom. The lowest BCUT2D eigenvalue weighted by Crippen LogP contribution is -2.25. The molecule has 3 aromatic heterocycles. The minimum Gasteiger partial charge on any atom is -0.316 e. The fourth-order valence-corrected chi connectivity index (χ4v) is 1.95. The van der Waals surface area contributed by atoms with E-state index in [1.165, 1.54) is 10.7 Å². The van der Waals surface area contributed by atoms with Gasteiger partial charge < -0.3 is 5.32 Å². The number of nitrogens with one attached hydrogen (secondary N) is 2. The molecule has 0 spiro atoms. The summed E-state index contributed by atoms with van der Waals surface area (Å²) in [6.07, 6.45) is 2.99. The zero-order valence-electron chi connectivity index (χ0n) is 11.4. The van der Waals surface area contributed by atoms with E-state index in [1.54, 1.807) is 32.2 Å². The number of aromatic amines is 1. The van der Waals surface area contributed by atoms with Crippen LogP contribution in [0, 0.1) is 13.8 Å². The lowest BCUT2D eigenvalue weighted by Gasteiger charge is -2.06. The molecule has 3 heterocycles. The first-order chi connectivity index (χ1) is 10.1. The molecular weight excluding hydrogens is 272 g/mol. The van der Waals surface area contributed by atoms with Crippen LogP contribution in [0.3, 0.4) is 0 Å². The minimum absolute atomic E-state index is 0.116. The highest BCUT2D eigenvalue weighted by molar-refractivity contribution is 6.04. The molecule has 0 unspecified atom stereocenters. The van der Waals surface area contributed by atoms with Gasteiger partial charge in [0.2, 0.25) is 0 Å². The van der Waals surface area contributed by atoms with Gasteiger partial charge in [-0.2, -0.15) is 9.50 Å². The van der Waals surface area contributed by atoms with Crippen LogP contribution in [-0.4, -0.2) is 30.5 Å². The quantitative estimate of drug-likeness (QED) is 0.720. The van der Waals surface area contributed by atoms with Crippen molar-refractivity contribution in [2.45, 2.75) is 13.8 Å². The van der Waals surface area contributed by atoms with E-state index in [9.17, 15) is 9.59 Å². The van der Waals surface area contributed by atoms with Crippen LogP contribution < -0.4 is 10.9 Å².